The molecular weight excluding hydrogens is 412 g/mol. The molecule has 6 nitrogen and oxygen atoms in total. The van der Waals surface area contributed by atoms with E-state index in [4.69, 9.17) is 4.74 Å². The van der Waals surface area contributed by atoms with Crippen LogP contribution in [0.5, 0.6) is 5.75 Å². The Hall–Kier alpha value is -2.54. The van der Waals surface area contributed by atoms with E-state index in [0.717, 1.165) is 34.3 Å². The predicted molar refractivity (Wildman–Crippen MR) is 126 cm³/mol. The Kier molecular flexibility index (Phi) is 8.12. The highest BCUT2D eigenvalue weighted by Crippen LogP contribution is 2.27. The lowest BCUT2D eigenvalue weighted by molar-refractivity contribution is -0.123. The van der Waals surface area contributed by atoms with Crippen LogP contribution in [0.4, 0.5) is 5.69 Å². The smallest absolute Gasteiger partial charge is 0.244 e. The Morgan fingerprint density at radius 2 is 1.68 bits per heavy atom. The third kappa shape index (κ3) is 5.79. The second-order valence-electron chi connectivity index (χ2n) is 7.95. The molecule has 0 aliphatic rings. The van der Waals surface area contributed by atoms with Crippen molar-refractivity contribution < 1.29 is 17.9 Å². The normalized spacial score (nSPS) is 13.4. The number of anilines is 1. The molecule has 0 aliphatic heterocycles. The number of nitrogens with one attached hydrogen (secondary N) is 1. The van der Waals surface area contributed by atoms with Gasteiger partial charge in [0.25, 0.3) is 0 Å². The summed E-state index contributed by atoms with van der Waals surface area (Å²) in [6, 6.07) is 10.2. The third-order valence-electron chi connectivity index (χ3n) is 5.62. The van der Waals surface area contributed by atoms with E-state index in [1.807, 2.05) is 65.0 Å². The van der Waals surface area contributed by atoms with E-state index < -0.39 is 16.1 Å². The number of ether oxygens (including phenoxy) is 1. The average molecular weight is 447 g/mol. The van der Waals surface area contributed by atoms with Crippen LogP contribution in [0, 0.1) is 20.8 Å². The van der Waals surface area contributed by atoms with Crippen LogP contribution in [0.15, 0.2) is 36.4 Å². The van der Waals surface area contributed by atoms with Gasteiger partial charge in [-0.2, -0.15) is 0 Å². The molecule has 2 aromatic rings. The molecule has 31 heavy (non-hydrogen) atoms. The zero-order valence-electron chi connectivity index (χ0n) is 19.5. The predicted octanol–water partition coefficient (Wildman–Crippen LogP) is 4.43. The van der Waals surface area contributed by atoms with Gasteiger partial charge >= 0.3 is 0 Å². The number of aryl methyl sites for hydroxylation is 3. The molecule has 0 aliphatic carbocycles. The van der Waals surface area contributed by atoms with Crippen LogP contribution in [0.3, 0.4) is 0 Å². The van der Waals surface area contributed by atoms with E-state index in [0.29, 0.717) is 18.5 Å². The molecule has 2 aromatic carbocycles. The van der Waals surface area contributed by atoms with Crippen LogP contribution >= 0.6 is 0 Å². The van der Waals surface area contributed by atoms with Gasteiger partial charge in [-0.05, 0) is 74.1 Å². The van der Waals surface area contributed by atoms with Crippen molar-refractivity contribution in [2.75, 3.05) is 17.7 Å². The molecule has 1 amide bonds. The second kappa shape index (κ2) is 10.2. The van der Waals surface area contributed by atoms with E-state index in [1.165, 1.54) is 4.31 Å². The molecule has 7 heteroatoms. The van der Waals surface area contributed by atoms with Gasteiger partial charge in [-0.15, -0.1) is 0 Å². The van der Waals surface area contributed by atoms with E-state index >= 15 is 0 Å². The minimum atomic E-state index is -3.67. The highest BCUT2D eigenvalue weighted by molar-refractivity contribution is 7.92. The Bertz CT molecular complexity index is 1030. The number of hydrogen-bond acceptors (Lipinski definition) is 4. The van der Waals surface area contributed by atoms with Crippen molar-refractivity contribution >= 4 is 21.6 Å². The number of methoxy groups -OCH3 is 1. The fourth-order valence-electron chi connectivity index (χ4n) is 3.73. The van der Waals surface area contributed by atoms with Crippen LogP contribution in [0.25, 0.3) is 0 Å². The quantitative estimate of drug-likeness (QED) is 0.618. The molecule has 2 atom stereocenters. The maximum absolute atomic E-state index is 13.3. The molecule has 0 fully saturated rings. The van der Waals surface area contributed by atoms with Gasteiger partial charge in [-0.25, -0.2) is 8.42 Å². The Morgan fingerprint density at radius 1 is 1.00 bits per heavy atom. The van der Waals surface area contributed by atoms with Gasteiger partial charge in [0.2, 0.25) is 15.9 Å². The average Bonchev–Trinajstić information content (AvgIpc) is 2.71. The Morgan fingerprint density at radius 3 is 2.16 bits per heavy atom. The van der Waals surface area contributed by atoms with Crippen LogP contribution < -0.4 is 14.4 Å². The summed E-state index contributed by atoms with van der Waals surface area (Å²) in [5.74, 6) is 0.473. The first-order valence-electron chi connectivity index (χ1n) is 10.5. The van der Waals surface area contributed by atoms with E-state index in [2.05, 4.69) is 5.32 Å². The van der Waals surface area contributed by atoms with Crippen molar-refractivity contribution in [3.05, 3.63) is 58.7 Å². The van der Waals surface area contributed by atoms with E-state index in [1.54, 1.807) is 13.2 Å². The van der Waals surface area contributed by atoms with Crippen molar-refractivity contribution in [1.29, 1.82) is 0 Å². The first kappa shape index (κ1) is 24.7. The van der Waals surface area contributed by atoms with Gasteiger partial charge in [-0.3, -0.25) is 9.10 Å². The number of nitrogens with zero attached hydrogens (tertiary/aromatic N) is 1. The minimum absolute atomic E-state index is 0.229. The minimum Gasteiger partial charge on any atom is -0.496 e. The van der Waals surface area contributed by atoms with Crippen LogP contribution in [0.2, 0.25) is 0 Å². The molecule has 0 spiro atoms. The van der Waals surface area contributed by atoms with E-state index in [9.17, 15) is 13.2 Å². The second-order valence-corrected chi connectivity index (χ2v) is 9.81. The summed E-state index contributed by atoms with van der Waals surface area (Å²) >= 11 is 0. The van der Waals surface area contributed by atoms with Crippen LogP contribution in [-0.2, 0) is 14.8 Å². The number of hydrogen-bond donors (Lipinski definition) is 1. The zero-order valence-corrected chi connectivity index (χ0v) is 20.3. The fraction of sp³-hybridized carbons (Fsp3) is 0.458. The van der Waals surface area contributed by atoms with Crippen molar-refractivity contribution in [1.82, 2.24) is 5.32 Å². The van der Waals surface area contributed by atoms with Crippen LogP contribution in [0.1, 0.15) is 55.0 Å². The number of benzene rings is 2. The molecule has 2 rings (SSSR count). The first-order chi connectivity index (χ1) is 14.5. The number of carbonyl (C=O) groups is 1. The van der Waals surface area contributed by atoms with E-state index in [-0.39, 0.29) is 11.9 Å². The van der Waals surface area contributed by atoms with Crippen molar-refractivity contribution in [2.24, 2.45) is 0 Å². The molecule has 1 N–H and O–H groups in total. The Labute approximate surface area is 186 Å². The van der Waals surface area contributed by atoms with Crippen molar-refractivity contribution in [3.63, 3.8) is 0 Å². The standard InChI is InChI=1S/C24H34N2O4S/c1-8-21(19-11-13-23(30-6)18(5)14-19)25-24(27)22(9-2)26(31(7,28)29)20-12-10-16(3)17(4)15-20/h10-15,21-22H,8-9H2,1-7H3,(H,25,27)/t21-,22+/m0/s1. The summed E-state index contributed by atoms with van der Waals surface area (Å²) < 4.78 is 32.0. The molecule has 0 radical (unpaired) electrons. The van der Waals surface area contributed by atoms with Gasteiger partial charge in [0.15, 0.2) is 0 Å². The highest BCUT2D eigenvalue weighted by atomic mass is 32.2. The fourth-order valence-corrected chi connectivity index (χ4v) is 4.93. The summed E-state index contributed by atoms with van der Waals surface area (Å²) in [6.07, 6.45) is 2.17. The monoisotopic (exact) mass is 446 g/mol. The zero-order chi connectivity index (χ0) is 23.3. The molecule has 0 aromatic heterocycles. The summed E-state index contributed by atoms with van der Waals surface area (Å²) in [5, 5.41) is 3.06. The number of amides is 1. The third-order valence-corrected chi connectivity index (χ3v) is 6.80. The van der Waals surface area contributed by atoms with Gasteiger partial charge in [0.1, 0.15) is 11.8 Å². The largest absolute Gasteiger partial charge is 0.496 e. The lowest BCUT2D eigenvalue weighted by Crippen LogP contribution is -2.50. The maximum atomic E-state index is 13.3. The lowest BCUT2D eigenvalue weighted by Gasteiger charge is -2.32. The number of rotatable bonds is 9. The maximum Gasteiger partial charge on any atom is 0.244 e. The molecule has 0 saturated carbocycles. The van der Waals surface area contributed by atoms with Crippen molar-refractivity contribution in [3.8, 4) is 5.75 Å². The topological polar surface area (TPSA) is 75.7 Å². The Balaban J connectivity index is 2.38. The van der Waals surface area contributed by atoms with Crippen LogP contribution in [-0.4, -0.2) is 33.7 Å². The van der Waals surface area contributed by atoms with Gasteiger partial charge < -0.3 is 10.1 Å². The summed E-state index contributed by atoms with van der Waals surface area (Å²) in [4.78, 5) is 13.3. The van der Waals surface area contributed by atoms with Gasteiger partial charge in [0.05, 0.1) is 25.1 Å². The molecule has 0 saturated heterocycles. The number of sulfonamides is 1. The summed E-state index contributed by atoms with van der Waals surface area (Å²) in [7, 11) is -2.05. The SMILES string of the molecule is CC[C@H](NC(=O)[C@@H](CC)N(c1ccc(C)c(C)c1)S(C)(=O)=O)c1ccc(OC)c(C)c1. The molecule has 0 unspecified atom stereocenters. The van der Waals surface area contributed by atoms with Crippen molar-refractivity contribution in [2.45, 2.75) is 59.5 Å². The number of carbonyl (C=O) groups excluding carboxylic acids is 1. The van der Waals surface area contributed by atoms with Gasteiger partial charge in [-0.1, -0.05) is 32.0 Å². The lowest BCUT2D eigenvalue weighted by atomic mass is 10.0. The first-order valence-corrected chi connectivity index (χ1v) is 12.4. The molecule has 0 bridgehead atoms. The van der Waals surface area contributed by atoms with Gasteiger partial charge in [0, 0.05) is 0 Å². The molecule has 170 valence electrons. The summed E-state index contributed by atoms with van der Waals surface area (Å²) in [6.45, 7) is 9.66. The summed E-state index contributed by atoms with van der Waals surface area (Å²) in [5.41, 5.74) is 4.48. The molecule has 0 heterocycles. The molecular formula is C24H34N2O4S. The highest BCUT2D eigenvalue weighted by Gasteiger charge is 2.32.